The fourth-order valence-electron chi connectivity index (χ4n) is 1.50. The molecule has 0 saturated heterocycles. The van der Waals surface area contributed by atoms with Crippen LogP contribution in [0.1, 0.15) is 5.56 Å². The Bertz CT molecular complexity index is 629. The van der Waals surface area contributed by atoms with Gasteiger partial charge >= 0.3 is 0 Å². The van der Waals surface area contributed by atoms with E-state index in [2.05, 4.69) is 21.2 Å². The smallest absolute Gasteiger partial charge is 0.103 e. The number of hydrogen-bond donors (Lipinski definition) is 2. The molecule has 3 N–H and O–H groups in total. The molecule has 0 spiro atoms. The molecular formula is C13H9BrCl2N2S. The Kier molecular flexibility index (Phi) is 4.68. The van der Waals surface area contributed by atoms with Crippen molar-refractivity contribution in [3.8, 4) is 0 Å². The number of rotatable bonds is 3. The number of hydrogen-bond acceptors (Lipinski definition) is 2. The molecule has 2 nitrogen and oxygen atoms in total. The number of anilines is 2. The molecule has 2 aromatic carbocycles. The molecule has 0 amide bonds. The summed E-state index contributed by atoms with van der Waals surface area (Å²) in [5.74, 6) is 0. The molecule has 0 fully saturated rings. The minimum Gasteiger partial charge on any atom is -0.389 e. The molecule has 0 aromatic heterocycles. The van der Waals surface area contributed by atoms with Crippen LogP contribution in [0.2, 0.25) is 10.0 Å². The number of nitrogens with one attached hydrogen (secondary N) is 1. The van der Waals surface area contributed by atoms with Crippen molar-refractivity contribution in [1.82, 2.24) is 0 Å². The zero-order valence-corrected chi connectivity index (χ0v) is 13.5. The van der Waals surface area contributed by atoms with E-state index in [1.807, 2.05) is 36.4 Å². The fourth-order valence-corrected chi connectivity index (χ4v) is 2.45. The summed E-state index contributed by atoms with van der Waals surface area (Å²) in [5, 5.41) is 4.13. The molecular weight excluding hydrogens is 367 g/mol. The van der Waals surface area contributed by atoms with Crippen LogP contribution < -0.4 is 11.1 Å². The molecule has 6 heteroatoms. The summed E-state index contributed by atoms with van der Waals surface area (Å²) in [7, 11) is 0. The lowest BCUT2D eigenvalue weighted by atomic mass is 10.2. The standard InChI is InChI=1S/C13H9BrCl2N2S/c14-9-5-6-10(12(16)11(9)15)18-8-3-1-7(2-4-8)13(17)19/h1-6,18H,(H2,17,19). The van der Waals surface area contributed by atoms with E-state index in [-0.39, 0.29) is 0 Å². The van der Waals surface area contributed by atoms with Crippen molar-refractivity contribution < 1.29 is 0 Å². The van der Waals surface area contributed by atoms with Crippen LogP contribution in [0.3, 0.4) is 0 Å². The van der Waals surface area contributed by atoms with Gasteiger partial charge in [-0.3, -0.25) is 0 Å². The predicted octanol–water partition coefficient (Wildman–Crippen LogP) is 5.13. The van der Waals surface area contributed by atoms with Crippen molar-refractivity contribution in [1.29, 1.82) is 0 Å². The van der Waals surface area contributed by atoms with E-state index in [4.69, 9.17) is 41.2 Å². The van der Waals surface area contributed by atoms with Gasteiger partial charge in [-0.1, -0.05) is 35.4 Å². The Morgan fingerprint density at radius 1 is 1.05 bits per heavy atom. The SMILES string of the molecule is NC(=S)c1ccc(Nc2ccc(Br)c(Cl)c2Cl)cc1. The summed E-state index contributed by atoms with van der Waals surface area (Å²) >= 11 is 20.4. The van der Waals surface area contributed by atoms with Crippen molar-refractivity contribution in [2.24, 2.45) is 5.73 Å². The second-order valence-electron chi connectivity index (χ2n) is 3.79. The monoisotopic (exact) mass is 374 g/mol. The summed E-state index contributed by atoms with van der Waals surface area (Å²) in [6.07, 6.45) is 0. The largest absolute Gasteiger partial charge is 0.389 e. The normalized spacial score (nSPS) is 10.3. The lowest BCUT2D eigenvalue weighted by Crippen LogP contribution is -2.08. The molecule has 0 atom stereocenters. The number of thiocarbonyl (C=S) groups is 1. The molecule has 0 radical (unpaired) electrons. The van der Waals surface area contributed by atoms with Gasteiger partial charge in [-0.25, -0.2) is 0 Å². The first-order valence-electron chi connectivity index (χ1n) is 5.29. The zero-order valence-electron chi connectivity index (χ0n) is 9.58. The highest BCUT2D eigenvalue weighted by Gasteiger charge is 2.08. The molecule has 0 heterocycles. The highest BCUT2D eigenvalue weighted by molar-refractivity contribution is 9.10. The maximum atomic E-state index is 6.16. The molecule has 2 rings (SSSR count). The highest BCUT2D eigenvalue weighted by Crippen LogP contribution is 2.37. The average molecular weight is 376 g/mol. The van der Waals surface area contributed by atoms with Gasteiger partial charge in [-0.05, 0) is 52.3 Å². The molecule has 0 bridgehead atoms. The number of halogens is 3. The van der Waals surface area contributed by atoms with Crippen molar-refractivity contribution in [3.05, 3.63) is 56.5 Å². The van der Waals surface area contributed by atoms with Crippen LogP contribution >= 0.6 is 51.3 Å². The van der Waals surface area contributed by atoms with E-state index in [0.717, 1.165) is 21.4 Å². The number of benzene rings is 2. The third-order valence-electron chi connectivity index (χ3n) is 2.48. The van der Waals surface area contributed by atoms with E-state index in [9.17, 15) is 0 Å². The molecule has 0 aliphatic carbocycles. The van der Waals surface area contributed by atoms with Crippen molar-refractivity contribution in [2.75, 3.05) is 5.32 Å². The van der Waals surface area contributed by atoms with Crippen molar-refractivity contribution in [2.45, 2.75) is 0 Å². The Balaban J connectivity index is 2.26. The summed E-state index contributed by atoms with van der Waals surface area (Å²) in [5.41, 5.74) is 7.97. The van der Waals surface area contributed by atoms with E-state index >= 15 is 0 Å². The lowest BCUT2D eigenvalue weighted by molar-refractivity contribution is 1.52. The summed E-state index contributed by atoms with van der Waals surface area (Å²) in [6.45, 7) is 0. The topological polar surface area (TPSA) is 38.0 Å². The van der Waals surface area contributed by atoms with Crippen LogP contribution in [0.4, 0.5) is 11.4 Å². The molecule has 0 aliphatic heterocycles. The molecule has 0 aliphatic rings. The summed E-state index contributed by atoms with van der Waals surface area (Å²) in [4.78, 5) is 0.372. The van der Waals surface area contributed by atoms with Crippen molar-refractivity contribution in [3.63, 3.8) is 0 Å². The number of nitrogens with two attached hydrogens (primary N) is 1. The van der Waals surface area contributed by atoms with Gasteiger partial charge < -0.3 is 11.1 Å². The fraction of sp³-hybridized carbons (Fsp3) is 0. The highest BCUT2D eigenvalue weighted by atomic mass is 79.9. The maximum Gasteiger partial charge on any atom is 0.103 e. The van der Waals surface area contributed by atoms with E-state index < -0.39 is 0 Å². The Morgan fingerprint density at radius 2 is 1.68 bits per heavy atom. The third-order valence-corrected chi connectivity index (χ3v) is 4.49. The minimum absolute atomic E-state index is 0.372. The quantitative estimate of drug-likeness (QED) is 0.576. The first-order chi connectivity index (χ1) is 8.99. The van der Waals surface area contributed by atoms with Crippen molar-refractivity contribution >= 4 is 67.7 Å². The van der Waals surface area contributed by atoms with E-state index in [1.165, 1.54) is 0 Å². The Hall–Kier alpha value is -0.810. The van der Waals surface area contributed by atoms with Gasteiger partial charge in [0.15, 0.2) is 0 Å². The second-order valence-corrected chi connectivity index (χ2v) is 5.84. The van der Waals surface area contributed by atoms with Crippen LogP contribution in [0.25, 0.3) is 0 Å². The summed E-state index contributed by atoms with van der Waals surface area (Å²) in [6, 6.07) is 11.1. The van der Waals surface area contributed by atoms with Crippen LogP contribution in [-0.4, -0.2) is 4.99 Å². The molecule has 0 unspecified atom stereocenters. The first kappa shape index (κ1) is 14.6. The predicted molar refractivity (Wildman–Crippen MR) is 89.8 cm³/mol. The zero-order chi connectivity index (χ0) is 14.0. The van der Waals surface area contributed by atoms with Gasteiger partial charge in [0.2, 0.25) is 0 Å². The molecule has 0 saturated carbocycles. The van der Waals surface area contributed by atoms with Gasteiger partial charge in [0.05, 0.1) is 15.7 Å². The molecule has 19 heavy (non-hydrogen) atoms. The second kappa shape index (κ2) is 6.09. The van der Waals surface area contributed by atoms with Crippen LogP contribution in [0, 0.1) is 0 Å². The van der Waals surface area contributed by atoms with Gasteiger partial charge in [0.1, 0.15) is 4.99 Å². The maximum absolute atomic E-state index is 6.16. The molecule has 2 aromatic rings. The van der Waals surface area contributed by atoms with E-state index in [1.54, 1.807) is 0 Å². The third kappa shape index (κ3) is 3.39. The van der Waals surface area contributed by atoms with Gasteiger partial charge in [-0.2, -0.15) is 0 Å². The molecule has 98 valence electrons. The summed E-state index contributed by atoms with van der Waals surface area (Å²) < 4.78 is 0.758. The Morgan fingerprint density at radius 3 is 2.26 bits per heavy atom. The van der Waals surface area contributed by atoms with Gasteiger partial charge in [-0.15, -0.1) is 0 Å². The van der Waals surface area contributed by atoms with Crippen LogP contribution in [0.5, 0.6) is 0 Å². The van der Waals surface area contributed by atoms with Crippen LogP contribution in [0.15, 0.2) is 40.9 Å². The Labute approximate surface area is 135 Å². The van der Waals surface area contributed by atoms with Gasteiger partial charge in [0, 0.05) is 15.7 Å². The van der Waals surface area contributed by atoms with E-state index in [0.29, 0.717) is 15.0 Å². The van der Waals surface area contributed by atoms with Crippen LogP contribution in [-0.2, 0) is 0 Å². The minimum atomic E-state index is 0.372. The lowest BCUT2D eigenvalue weighted by Gasteiger charge is -2.11. The first-order valence-corrected chi connectivity index (χ1v) is 7.25. The average Bonchev–Trinajstić information content (AvgIpc) is 2.40. The van der Waals surface area contributed by atoms with Gasteiger partial charge in [0.25, 0.3) is 0 Å².